The fourth-order valence-electron chi connectivity index (χ4n) is 2.52. The normalized spacial score (nSPS) is 16.3. The molecule has 0 bridgehead atoms. The third-order valence-electron chi connectivity index (χ3n) is 3.71. The molecule has 0 saturated heterocycles. The Morgan fingerprint density at radius 2 is 1.90 bits per heavy atom. The van der Waals surface area contributed by atoms with Gasteiger partial charge in [0.2, 0.25) is 10.0 Å². The molecule has 1 aromatic carbocycles. The number of pyridine rings is 1. The maximum atomic E-state index is 12.7. The van der Waals surface area contributed by atoms with Gasteiger partial charge in [0.25, 0.3) is 0 Å². The Bertz CT molecular complexity index is 732. The summed E-state index contributed by atoms with van der Waals surface area (Å²) < 4.78 is 27.0. The molecule has 0 N–H and O–H groups in total. The highest BCUT2D eigenvalue weighted by molar-refractivity contribution is 7.89. The minimum absolute atomic E-state index is 0.243. The van der Waals surface area contributed by atoms with Crippen molar-refractivity contribution in [3.8, 4) is 0 Å². The van der Waals surface area contributed by atoms with E-state index in [1.807, 2.05) is 31.3 Å². The number of likely N-dealkylation sites (N-methyl/N-ethyl adjacent to an activating group) is 1. The lowest BCUT2D eigenvalue weighted by Gasteiger charge is -2.20. The summed E-state index contributed by atoms with van der Waals surface area (Å²) in [5.41, 5.74) is 2.10. The molecule has 1 aliphatic rings. The lowest BCUT2D eigenvalue weighted by Crippen LogP contribution is -2.34. The molecule has 1 aromatic heterocycles. The molecule has 2 heterocycles. The first-order valence-electron chi connectivity index (χ1n) is 6.78. The lowest BCUT2D eigenvalue weighted by atomic mass is 10.1. The van der Waals surface area contributed by atoms with Crippen molar-refractivity contribution in [3.63, 3.8) is 0 Å². The van der Waals surface area contributed by atoms with E-state index in [0.29, 0.717) is 19.6 Å². The fourth-order valence-corrected chi connectivity index (χ4v) is 3.90. The second-order valence-electron chi connectivity index (χ2n) is 5.08. The number of benzene rings is 1. The Balaban J connectivity index is 1.98. The van der Waals surface area contributed by atoms with Gasteiger partial charge in [-0.05, 0) is 23.8 Å². The summed E-state index contributed by atoms with van der Waals surface area (Å²) in [6, 6.07) is 11.1. The highest BCUT2D eigenvalue weighted by Gasteiger charge is 2.28. The van der Waals surface area contributed by atoms with Crippen LogP contribution in [0.5, 0.6) is 0 Å². The van der Waals surface area contributed by atoms with Crippen LogP contribution in [0.25, 0.3) is 0 Å². The van der Waals surface area contributed by atoms with Gasteiger partial charge >= 0.3 is 0 Å². The van der Waals surface area contributed by atoms with Gasteiger partial charge in [-0.15, -0.1) is 0 Å². The van der Waals surface area contributed by atoms with Gasteiger partial charge in [-0.2, -0.15) is 4.31 Å². The van der Waals surface area contributed by atoms with E-state index in [4.69, 9.17) is 0 Å². The Labute approximate surface area is 124 Å². The standard InChI is InChI=1S/C15H17N3O2S/c1-17-9-10-18(12-13-5-2-3-7-15(13)17)21(19,20)14-6-4-8-16-11-14/h2-8,11H,9-10,12H2,1H3. The van der Waals surface area contributed by atoms with Crippen LogP contribution >= 0.6 is 0 Å². The molecule has 0 amide bonds. The van der Waals surface area contributed by atoms with Gasteiger partial charge in [0.1, 0.15) is 4.90 Å². The van der Waals surface area contributed by atoms with Crippen molar-refractivity contribution in [2.24, 2.45) is 0 Å². The number of hydrogen-bond acceptors (Lipinski definition) is 4. The predicted molar refractivity (Wildman–Crippen MR) is 81.5 cm³/mol. The van der Waals surface area contributed by atoms with E-state index in [-0.39, 0.29) is 4.90 Å². The minimum atomic E-state index is -3.51. The molecule has 0 saturated carbocycles. The zero-order valence-corrected chi connectivity index (χ0v) is 12.6. The molecule has 21 heavy (non-hydrogen) atoms. The van der Waals surface area contributed by atoms with Gasteiger partial charge in [0.15, 0.2) is 0 Å². The number of sulfonamides is 1. The zero-order chi connectivity index (χ0) is 14.9. The molecule has 1 aliphatic heterocycles. The summed E-state index contributed by atoms with van der Waals surface area (Å²) in [5.74, 6) is 0. The van der Waals surface area contributed by atoms with Crippen molar-refractivity contribution >= 4 is 15.7 Å². The van der Waals surface area contributed by atoms with Crippen LogP contribution in [0, 0.1) is 0 Å². The van der Waals surface area contributed by atoms with E-state index in [9.17, 15) is 8.42 Å². The monoisotopic (exact) mass is 303 g/mol. The summed E-state index contributed by atoms with van der Waals surface area (Å²) in [6.07, 6.45) is 2.97. The molecule has 0 fully saturated rings. The molecule has 2 aromatic rings. The van der Waals surface area contributed by atoms with E-state index >= 15 is 0 Å². The summed E-state index contributed by atoms with van der Waals surface area (Å²) >= 11 is 0. The third kappa shape index (κ3) is 2.64. The number of anilines is 1. The molecule has 3 rings (SSSR count). The molecular formula is C15H17N3O2S. The average Bonchev–Trinajstić information content (AvgIpc) is 2.68. The molecule has 110 valence electrons. The van der Waals surface area contributed by atoms with E-state index < -0.39 is 10.0 Å². The van der Waals surface area contributed by atoms with Gasteiger partial charge < -0.3 is 4.90 Å². The first-order valence-corrected chi connectivity index (χ1v) is 8.22. The number of nitrogens with zero attached hydrogens (tertiary/aromatic N) is 3. The number of para-hydroxylation sites is 1. The van der Waals surface area contributed by atoms with Crippen LogP contribution in [0.1, 0.15) is 5.56 Å². The minimum Gasteiger partial charge on any atom is -0.373 e. The topological polar surface area (TPSA) is 53.5 Å². The quantitative estimate of drug-likeness (QED) is 0.848. The second kappa shape index (κ2) is 5.46. The van der Waals surface area contributed by atoms with Gasteiger partial charge in [0.05, 0.1) is 0 Å². The number of rotatable bonds is 2. The second-order valence-corrected chi connectivity index (χ2v) is 7.02. The van der Waals surface area contributed by atoms with Crippen LogP contribution < -0.4 is 4.90 Å². The van der Waals surface area contributed by atoms with Crippen molar-refractivity contribution in [1.82, 2.24) is 9.29 Å². The SMILES string of the molecule is CN1CCN(S(=O)(=O)c2cccnc2)Cc2ccccc21. The predicted octanol–water partition coefficient (Wildman–Crippen LogP) is 1.72. The summed E-state index contributed by atoms with van der Waals surface area (Å²) in [6.45, 7) is 1.51. The van der Waals surface area contributed by atoms with Crippen LogP contribution in [0.15, 0.2) is 53.7 Å². The average molecular weight is 303 g/mol. The number of fused-ring (bicyclic) bond motifs is 1. The van der Waals surface area contributed by atoms with E-state index in [1.165, 1.54) is 10.5 Å². The van der Waals surface area contributed by atoms with Gasteiger partial charge in [-0.1, -0.05) is 18.2 Å². The summed E-state index contributed by atoms with van der Waals surface area (Å²) in [5, 5.41) is 0. The van der Waals surface area contributed by atoms with Crippen LogP contribution in [0.3, 0.4) is 0 Å². The smallest absolute Gasteiger partial charge is 0.244 e. The first kappa shape index (κ1) is 14.0. The van der Waals surface area contributed by atoms with E-state index in [0.717, 1.165) is 11.3 Å². The summed E-state index contributed by atoms with van der Waals surface area (Å²) in [7, 11) is -1.52. The first-order chi connectivity index (χ1) is 10.1. The Morgan fingerprint density at radius 1 is 1.10 bits per heavy atom. The van der Waals surface area contributed by atoms with Crippen molar-refractivity contribution < 1.29 is 8.42 Å². The molecule has 0 spiro atoms. The molecule has 0 unspecified atom stereocenters. The van der Waals surface area contributed by atoms with Gasteiger partial charge in [0, 0.05) is 44.8 Å². The summed E-state index contributed by atoms with van der Waals surface area (Å²) in [4.78, 5) is 6.25. The van der Waals surface area contributed by atoms with Crippen LogP contribution in [-0.2, 0) is 16.6 Å². The fraction of sp³-hybridized carbons (Fsp3) is 0.267. The van der Waals surface area contributed by atoms with Gasteiger partial charge in [-0.3, -0.25) is 4.98 Å². The van der Waals surface area contributed by atoms with Crippen molar-refractivity contribution in [2.45, 2.75) is 11.4 Å². The molecule has 0 atom stereocenters. The molecule has 0 aliphatic carbocycles. The van der Waals surface area contributed by atoms with Crippen molar-refractivity contribution in [2.75, 3.05) is 25.0 Å². The Hall–Kier alpha value is -1.92. The van der Waals surface area contributed by atoms with Crippen LogP contribution in [0.4, 0.5) is 5.69 Å². The highest BCUT2D eigenvalue weighted by Crippen LogP contribution is 2.26. The molecule has 0 radical (unpaired) electrons. The third-order valence-corrected chi connectivity index (χ3v) is 5.54. The zero-order valence-electron chi connectivity index (χ0n) is 11.8. The van der Waals surface area contributed by atoms with Crippen LogP contribution in [0.2, 0.25) is 0 Å². The van der Waals surface area contributed by atoms with E-state index in [2.05, 4.69) is 9.88 Å². The molecule has 5 nitrogen and oxygen atoms in total. The molecular weight excluding hydrogens is 286 g/mol. The highest BCUT2D eigenvalue weighted by atomic mass is 32.2. The van der Waals surface area contributed by atoms with Crippen LogP contribution in [-0.4, -0.2) is 37.8 Å². The van der Waals surface area contributed by atoms with Gasteiger partial charge in [-0.25, -0.2) is 8.42 Å². The Kier molecular flexibility index (Phi) is 3.65. The number of hydrogen-bond donors (Lipinski definition) is 0. The number of aromatic nitrogens is 1. The maximum Gasteiger partial charge on any atom is 0.244 e. The van der Waals surface area contributed by atoms with E-state index in [1.54, 1.807) is 18.3 Å². The Morgan fingerprint density at radius 3 is 2.67 bits per heavy atom. The largest absolute Gasteiger partial charge is 0.373 e. The van der Waals surface area contributed by atoms with Crippen molar-refractivity contribution in [3.05, 3.63) is 54.4 Å². The van der Waals surface area contributed by atoms with Crippen molar-refractivity contribution in [1.29, 1.82) is 0 Å². The maximum absolute atomic E-state index is 12.7. The molecule has 6 heteroatoms. The lowest BCUT2D eigenvalue weighted by molar-refractivity contribution is 0.420.